The summed E-state index contributed by atoms with van der Waals surface area (Å²) in [6.07, 6.45) is -2.41. The van der Waals surface area contributed by atoms with Gasteiger partial charge in [0.05, 0.1) is 16.9 Å². The van der Waals surface area contributed by atoms with Crippen molar-refractivity contribution < 1.29 is 33.0 Å². The van der Waals surface area contributed by atoms with Crippen LogP contribution in [0.5, 0.6) is 5.75 Å². The van der Waals surface area contributed by atoms with Crippen molar-refractivity contribution in [3.8, 4) is 5.75 Å². The molecule has 0 bridgehead atoms. The number of rotatable bonds is 5. The van der Waals surface area contributed by atoms with Gasteiger partial charge in [-0.15, -0.1) is 0 Å². The summed E-state index contributed by atoms with van der Waals surface area (Å²) in [4.78, 5) is 25.2. The van der Waals surface area contributed by atoms with Gasteiger partial charge in [-0.25, -0.2) is 4.79 Å². The number of carbonyl (C=O) groups is 2. The van der Waals surface area contributed by atoms with Crippen molar-refractivity contribution in [3.05, 3.63) is 88.5 Å². The van der Waals surface area contributed by atoms with Gasteiger partial charge in [0, 0.05) is 17.3 Å². The first-order chi connectivity index (χ1) is 17.0. The normalized spacial score (nSPS) is 14.5. The van der Waals surface area contributed by atoms with Crippen LogP contribution in [0.2, 0.25) is 0 Å². The van der Waals surface area contributed by atoms with Crippen molar-refractivity contribution in [2.45, 2.75) is 20.0 Å². The van der Waals surface area contributed by atoms with Crippen LogP contribution < -0.4 is 10.3 Å². The van der Waals surface area contributed by atoms with Gasteiger partial charge in [-0.3, -0.25) is 15.1 Å². The number of hydrazone groups is 1. The molecule has 184 valence electrons. The lowest BCUT2D eigenvalue weighted by atomic mass is 10.1. The van der Waals surface area contributed by atoms with Crippen LogP contribution in [0.4, 0.5) is 30.2 Å². The fourth-order valence-electron chi connectivity index (χ4n) is 3.68. The van der Waals surface area contributed by atoms with Gasteiger partial charge in [-0.1, -0.05) is 12.1 Å². The summed E-state index contributed by atoms with van der Waals surface area (Å²) in [7, 11) is 0. The van der Waals surface area contributed by atoms with Crippen LogP contribution >= 0.6 is 0 Å². The van der Waals surface area contributed by atoms with Crippen molar-refractivity contribution in [2.24, 2.45) is 5.10 Å². The third-order valence-corrected chi connectivity index (χ3v) is 5.70. The van der Waals surface area contributed by atoms with Gasteiger partial charge in [0.15, 0.2) is 5.71 Å². The average molecular weight is 495 g/mol. The minimum absolute atomic E-state index is 0.0389. The monoisotopic (exact) mass is 495 g/mol. The van der Waals surface area contributed by atoms with E-state index < -0.39 is 23.6 Å². The second-order valence-electron chi connectivity index (χ2n) is 8.16. The van der Waals surface area contributed by atoms with Gasteiger partial charge in [0.1, 0.15) is 5.75 Å². The fourth-order valence-corrected chi connectivity index (χ4v) is 3.68. The van der Waals surface area contributed by atoms with E-state index >= 15 is 0 Å². The third-order valence-electron chi connectivity index (χ3n) is 5.70. The first kappa shape index (κ1) is 24.5. The van der Waals surface area contributed by atoms with Crippen molar-refractivity contribution >= 4 is 40.7 Å². The van der Waals surface area contributed by atoms with Crippen LogP contribution in [-0.4, -0.2) is 27.8 Å². The molecule has 10 heteroatoms. The molecule has 1 aliphatic heterocycles. The molecular formula is C26H20F3N3O4. The van der Waals surface area contributed by atoms with Gasteiger partial charge in [0.2, 0.25) is 0 Å². The Bertz CT molecular complexity index is 1440. The number of phenolic OH excluding ortho intramolecular Hbond substituents is 1. The number of amides is 1. The average Bonchev–Trinajstić information content (AvgIpc) is 3.08. The van der Waals surface area contributed by atoms with Crippen LogP contribution in [0.15, 0.2) is 65.8 Å². The SMILES string of the molecule is Cc1ccc(N2C(=O)/C(=N\Nc3ccc(/C=C/C(=O)O)cc3O)c3ccc(C(F)(F)F)cc32)cc1C. The Labute approximate surface area is 203 Å². The number of fused-ring (bicyclic) bond motifs is 1. The highest BCUT2D eigenvalue weighted by atomic mass is 19.4. The van der Waals surface area contributed by atoms with E-state index in [-0.39, 0.29) is 28.4 Å². The van der Waals surface area contributed by atoms with Crippen LogP contribution in [0.25, 0.3) is 6.08 Å². The van der Waals surface area contributed by atoms with E-state index in [0.717, 1.165) is 29.3 Å². The maximum absolute atomic E-state index is 13.4. The molecule has 0 saturated heterocycles. The van der Waals surface area contributed by atoms with E-state index in [4.69, 9.17) is 5.11 Å². The number of benzene rings is 3. The smallest absolute Gasteiger partial charge is 0.416 e. The summed E-state index contributed by atoms with van der Waals surface area (Å²) in [5.41, 5.74) is 4.52. The first-order valence-electron chi connectivity index (χ1n) is 10.7. The molecule has 0 atom stereocenters. The minimum atomic E-state index is -4.60. The number of nitrogens with one attached hydrogen (secondary N) is 1. The highest BCUT2D eigenvalue weighted by Gasteiger charge is 2.39. The summed E-state index contributed by atoms with van der Waals surface area (Å²) in [5, 5.41) is 23.1. The Morgan fingerprint density at radius 3 is 2.42 bits per heavy atom. The van der Waals surface area contributed by atoms with Gasteiger partial charge in [-0.05, 0) is 79.1 Å². The van der Waals surface area contributed by atoms with Crippen LogP contribution in [0, 0.1) is 13.8 Å². The molecule has 3 aromatic carbocycles. The Kier molecular flexibility index (Phi) is 6.28. The maximum Gasteiger partial charge on any atom is 0.416 e. The zero-order chi connectivity index (χ0) is 26.2. The number of alkyl halides is 3. The van der Waals surface area contributed by atoms with E-state index in [9.17, 15) is 27.9 Å². The maximum atomic E-state index is 13.4. The van der Waals surface area contributed by atoms with Gasteiger partial charge >= 0.3 is 12.1 Å². The topological polar surface area (TPSA) is 102 Å². The number of carboxylic acid groups (broad SMARTS) is 1. The lowest BCUT2D eigenvalue weighted by molar-refractivity contribution is -0.137. The molecule has 1 heterocycles. The minimum Gasteiger partial charge on any atom is -0.506 e. The summed E-state index contributed by atoms with van der Waals surface area (Å²) in [6.45, 7) is 3.72. The molecule has 36 heavy (non-hydrogen) atoms. The standard InChI is InChI=1S/C26H20F3N3O4/c1-14-3-7-18(11-15(14)2)32-21-13-17(26(27,28)29)6-8-19(21)24(25(32)36)31-30-20-9-4-16(12-22(20)33)5-10-23(34)35/h3-13,30,33H,1-2H3,(H,34,35)/b10-5+,31-24-. The molecule has 0 aliphatic carbocycles. The number of carbonyl (C=O) groups excluding carboxylic acids is 1. The molecule has 0 aromatic heterocycles. The van der Waals surface area contributed by atoms with E-state index in [1.807, 2.05) is 13.8 Å². The van der Waals surface area contributed by atoms with E-state index in [0.29, 0.717) is 11.3 Å². The Morgan fingerprint density at radius 1 is 1.03 bits per heavy atom. The molecule has 0 radical (unpaired) electrons. The van der Waals surface area contributed by atoms with Crippen molar-refractivity contribution in [3.63, 3.8) is 0 Å². The molecule has 0 unspecified atom stereocenters. The number of hydrogen-bond acceptors (Lipinski definition) is 5. The van der Waals surface area contributed by atoms with Gasteiger partial charge in [-0.2, -0.15) is 18.3 Å². The van der Waals surface area contributed by atoms with Crippen LogP contribution in [-0.2, 0) is 15.8 Å². The molecular weight excluding hydrogens is 475 g/mol. The third kappa shape index (κ3) is 4.78. The second kappa shape index (κ2) is 9.21. The first-order valence-corrected chi connectivity index (χ1v) is 10.7. The fraction of sp³-hybridized carbons (Fsp3) is 0.115. The summed E-state index contributed by atoms with van der Waals surface area (Å²) in [6, 6.07) is 12.4. The number of nitrogens with zero attached hydrogens (tertiary/aromatic N) is 2. The molecule has 3 aromatic rings. The van der Waals surface area contributed by atoms with Gasteiger partial charge in [0.25, 0.3) is 5.91 Å². The molecule has 7 nitrogen and oxygen atoms in total. The molecule has 1 amide bonds. The zero-order valence-corrected chi connectivity index (χ0v) is 19.1. The predicted octanol–water partition coefficient (Wildman–Crippen LogP) is 5.62. The molecule has 1 aliphatic rings. The van der Waals surface area contributed by atoms with Crippen molar-refractivity contribution in [1.29, 1.82) is 0 Å². The summed E-state index contributed by atoms with van der Waals surface area (Å²) < 4.78 is 40.3. The second-order valence-corrected chi connectivity index (χ2v) is 8.16. The number of anilines is 3. The van der Waals surface area contributed by atoms with Crippen LogP contribution in [0.1, 0.15) is 27.8 Å². The number of aromatic hydroxyl groups is 1. The number of aliphatic carboxylic acids is 1. The van der Waals surface area contributed by atoms with E-state index in [1.165, 1.54) is 35.2 Å². The van der Waals surface area contributed by atoms with E-state index in [2.05, 4.69) is 10.5 Å². The van der Waals surface area contributed by atoms with Crippen LogP contribution in [0.3, 0.4) is 0 Å². The number of carboxylic acids is 1. The highest BCUT2D eigenvalue weighted by Crippen LogP contribution is 2.40. The molecule has 0 saturated carbocycles. The highest BCUT2D eigenvalue weighted by molar-refractivity contribution is 6.55. The Morgan fingerprint density at radius 2 is 1.78 bits per heavy atom. The Hall–Kier alpha value is -4.60. The largest absolute Gasteiger partial charge is 0.506 e. The van der Waals surface area contributed by atoms with E-state index in [1.54, 1.807) is 18.2 Å². The molecule has 4 rings (SSSR count). The lowest BCUT2D eigenvalue weighted by Gasteiger charge is -2.19. The molecule has 3 N–H and O–H groups in total. The lowest BCUT2D eigenvalue weighted by Crippen LogP contribution is -2.26. The molecule has 0 fully saturated rings. The number of halogens is 3. The zero-order valence-electron chi connectivity index (χ0n) is 19.1. The summed E-state index contributed by atoms with van der Waals surface area (Å²) in [5.74, 6) is -2.06. The predicted molar refractivity (Wildman–Crippen MR) is 129 cm³/mol. The number of aryl methyl sites for hydroxylation is 2. The number of phenols is 1. The Balaban J connectivity index is 1.75. The quantitative estimate of drug-likeness (QED) is 0.242. The van der Waals surface area contributed by atoms with Crippen molar-refractivity contribution in [1.82, 2.24) is 0 Å². The number of hydrogen-bond donors (Lipinski definition) is 3. The van der Waals surface area contributed by atoms with Crippen molar-refractivity contribution in [2.75, 3.05) is 10.3 Å². The summed E-state index contributed by atoms with van der Waals surface area (Å²) >= 11 is 0. The molecule has 0 spiro atoms. The van der Waals surface area contributed by atoms with Gasteiger partial charge < -0.3 is 10.2 Å².